The van der Waals surface area contributed by atoms with E-state index in [2.05, 4.69) is 33.2 Å². The third-order valence-electron chi connectivity index (χ3n) is 1.58. The van der Waals surface area contributed by atoms with Crippen LogP contribution in [-0.4, -0.2) is 19.5 Å². The minimum Gasteiger partial charge on any atom is -0.376 e. The number of hydrogen-bond donors (Lipinski definition) is 2. The monoisotopic (exact) mass is 290 g/mol. The van der Waals surface area contributed by atoms with E-state index in [0.29, 0.717) is 6.54 Å². The predicted molar refractivity (Wildman–Crippen MR) is 61.7 cm³/mol. The zero-order valence-electron chi connectivity index (χ0n) is 7.30. The number of benzene rings is 1. The molecule has 0 aliphatic rings. The van der Waals surface area contributed by atoms with Gasteiger partial charge in [-0.15, -0.1) is 0 Å². The Morgan fingerprint density at radius 1 is 1.38 bits per heavy atom. The second-order valence-corrected chi connectivity index (χ2v) is 3.78. The molecule has 4 heteroatoms. The first-order valence-electron chi connectivity index (χ1n) is 3.92. The quantitative estimate of drug-likeness (QED) is 0.827. The molecule has 0 aliphatic carbocycles. The molecule has 0 heterocycles. The SMILES string of the molecule is CNC(=O)CNc1ccc(I)cc1. The zero-order valence-corrected chi connectivity index (χ0v) is 9.46. The maximum atomic E-state index is 10.9. The third kappa shape index (κ3) is 3.63. The van der Waals surface area contributed by atoms with Crippen molar-refractivity contribution < 1.29 is 4.79 Å². The van der Waals surface area contributed by atoms with Gasteiger partial charge in [-0.25, -0.2) is 0 Å². The van der Waals surface area contributed by atoms with Crippen LogP contribution in [0.5, 0.6) is 0 Å². The molecular formula is C9H11IN2O. The topological polar surface area (TPSA) is 41.1 Å². The summed E-state index contributed by atoms with van der Waals surface area (Å²) in [7, 11) is 1.62. The maximum absolute atomic E-state index is 10.9. The smallest absolute Gasteiger partial charge is 0.239 e. The van der Waals surface area contributed by atoms with Gasteiger partial charge in [-0.1, -0.05) is 0 Å². The van der Waals surface area contributed by atoms with Gasteiger partial charge in [0, 0.05) is 16.3 Å². The lowest BCUT2D eigenvalue weighted by Crippen LogP contribution is -2.26. The van der Waals surface area contributed by atoms with Crippen LogP contribution in [0.3, 0.4) is 0 Å². The van der Waals surface area contributed by atoms with Crippen LogP contribution in [0, 0.1) is 3.57 Å². The number of carbonyl (C=O) groups is 1. The largest absolute Gasteiger partial charge is 0.376 e. The highest BCUT2D eigenvalue weighted by Crippen LogP contribution is 2.10. The Kier molecular flexibility index (Phi) is 4.01. The summed E-state index contributed by atoms with van der Waals surface area (Å²) in [4.78, 5) is 10.9. The molecule has 1 aromatic carbocycles. The average Bonchev–Trinajstić information content (AvgIpc) is 2.16. The molecule has 70 valence electrons. The summed E-state index contributed by atoms with van der Waals surface area (Å²) in [5.74, 6) is -0.0152. The molecule has 1 amide bonds. The standard InChI is InChI=1S/C9H11IN2O/c1-11-9(13)6-12-8-4-2-7(10)3-5-8/h2-5,12H,6H2,1H3,(H,11,13). The number of halogens is 1. The highest BCUT2D eigenvalue weighted by Gasteiger charge is 1.96. The molecule has 0 atom stereocenters. The van der Waals surface area contributed by atoms with Crippen LogP contribution in [0.2, 0.25) is 0 Å². The third-order valence-corrected chi connectivity index (χ3v) is 2.30. The minimum absolute atomic E-state index is 0.0152. The van der Waals surface area contributed by atoms with Crippen LogP contribution in [-0.2, 0) is 4.79 Å². The normalized spacial score (nSPS) is 9.38. The molecule has 0 unspecified atom stereocenters. The van der Waals surface area contributed by atoms with E-state index in [0.717, 1.165) is 5.69 Å². The van der Waals surface area contributed by atoms with E-state index in [1.807, 2.05) is 24.3 Å². The number of hydrogen-bond acceptors (Lipinski definition) is 2. The number of amides is 1. The Labute approximate surface area is 91.0 Å². The van der Waals surface area contributed by atoms with Crippen molar-refractivity contribution >= 4 is 34.2 Å². The van der Waals surface area contributed by atoms with Gasteiger partial charge in [0.05, 0.1) is 6.54 Å². The molecule has 0 spiro atoms. The maximum Gasteiger partial charge on any atom is 0.239 e. The van der Waals surface area contributed by atoms with E-state index in [-0.39, 0.29) is 5.91 Å². The molecular weight excluding hydrogens is 279 g/mol. The van der Waals surface area contributed by atoms with Gasteiger partial charge >= 0.3 is 0 Å². The summed E-state index contributed by atoms with van der Waals surface area (Å²) >= 11 is 2.24. The van der Waals surface area contributed by atoms with Gasteiger partial charge in [0.25, 0.3) is 0 Å². The van der Waals surface area contributed by atoms with Crippen LogP contribution < -0.4 is 10.6 Å². The van der Waals surface area contributed by atoms with Crippen molar-refractivity contribution in [1.82, 2.24) is 5.32 Å². The van der Waals surface area contributed by atoms with Gasteiger partial charge < -0.3 is 10.6 Å². The molecule has 13 heavy (non-hydrogen) atoms. The second kappa shape index (κ2) is 5.06. The van der Waals surface area contributed by atoms with E-state index in [1.54, 1.807) is 7.05 Å². The Hall–Kier alpha value is -0.780. The van der Waals surface area contributed by atoms with Crippen LogP contribution >= 0.6 is 22.6 Å². The molecule has 3 nitrogen and oxygen atoms in total. The van der Waals surface area contributed by atoms with Crippen molar-refractivity contribution in [2.24, 2.45) is 0 Å². The summed E-state index contributed by atoms with van der Waals surface area (Å²) < 4.78 is 1.18. The highest BCUT2D eigenvalue weighted by molar-refractivity contribution is 14.1. The van der Waals surface area contributed by atoms with Crippen LogP contribution in [0.25, 0.3) is 0 Å². The molecule has 1 rings (SSSR count). The molecule has 0 fully saturated rings. The number of nitrogens with one attached hydrogen (secondary N) is 2. The van der Waals surface area contributed by atoms with Gasteiger partial charge in [0.2, 0.25) is 5.91 Å². The summed E-state index contributed by atoms with van der Waals surface area (Å²) in [5.41, 5.74) is 0.962. The number of anilines is 1. The molecule has 0 saturated heterocycles. The molecule has 0 aliphatic heterocycles. The van der Waals surface area contributed by atoms with Crippen LogP contribution in [0.1, 0.15) is 0 Å². The lowest BCUT2D eigenvalue weighted by molar-refractivity contribution is -0.118. The zero-order chi connectivity index (χ0) is 9.68. The Morgan fingerprint density at radius 3 is 2.54 bits per heavy atom. The fourth-order valence-electron chi connectivity index (χ4n) is 0.838. The molecule has 0 aromatic heterocycles. The van der Waals surface area contributed by atoms with Gasteiger partial charge in [0.15, 0.2) is 0 Å². The second-order valence-electron chi connectivity index (χ2n) is 2.53. The first-order valence-corrected chi connectivity index (χ1v) is 5.00. The summed E-state index contributed by atoms with van der Waals surface area (Å²) in [6.45, 7) is 0.317. The van der Waals surface area contributed by atoms with Crippen LogP contribution in [0.4, 0.5) is 5.69 Å². The van der Waals surface area contributed by atoms with E-state index < -0.39 is 0 Å². The van der Waals surface area contributed by atoms with Crippen molar-refractivity contribution in [1.29, 1.82) is 0 Å². The van der Waals surface area contributed by atoms with Crippen LogP contribution in [0.15, 0.2) is 24.3 Å². The predicted octanol–water partition coefficient (Wildman–Crippen LogP) is 1.45. The number of carbonyl (C=O) groups excluding carboxylic acids is 1. The summed E-state index contributed by atoms with van der Waals surface area (Å²) in [5, 5.41) is 5.55. The highest BCUT2D eigenvalue weighted by atomic mass is 127. The molecule has 0 bridgehead atoms. The number of likely N-dealkylation sites (N-methyl/N-ethyl adjacent to an activating group) is 1. The summed E-state index contributed by atoms with van der Waals surface area (Å²) in [6.07, 6.45) is 0. The van der Waals surface area contributed by atoms with E-state index in [9.17, 15) is 4.79 Å². The van der Waals surface area contributed by atoms with Gasteiger partial charge in [-0.2, -0.15) is 0 Å². The Balaban J connectivity index is 2.46. The first-order chi connectivity index (χ1) is 6.22. The minimum atomic E-state index is -0.0152. The van der Waals surface area contributed by atoms with Crippen molar-refractivity contribution in [3.8, 4) is 0 Å². The first kappa shape index (κ1) is 10.3. The molecule has 0 saturated carbocycles. The van der Waals surface area contributed by atoms with Gasteiger partial charge in [-0.3, -0.25) is 4.79 Å². The lowest BCUT2D eigenvalue weighted by atomic mass is 10.3. The Morgan fingerprint density at radius 2 is 2.00 bits per heavy atom. The molecule has 0 radical (unpaired) electrons. The Bertz CT molecular complexity index is 284. The van der Waals surface area contributed by atoms with Crippen molar-refractivity contribution in [3.63, 3.8) is 0 Å². The summed E-state index contributed by atoms with van der Waals surface area (Å²) in [6, 6.07) is 7.88. The lowest BCUT2D eigenvalue weighted by Gasteiger charge is -2.04. The number of rotatable bonds is 3. The molecule has 1 aromatic rings. The van der Waals surface area contributed by atoms with Gasteiger partial charge in [0.1, 0.15) is 0 Å². The van der Waals surface area contributed by atoms with Gasteiger partial charge in [-0.05, 0) is 46.9 Å². The van der Waals surface area contributed by atoms with Crippen molar-refractivity contribution in [2.45, 2.75) is 0 Å². The van der Waals surface area contributed by atoms with Crippen molar-refractivity contribution in [2.75, 3.05) is 18.9 Å². The van der Waals surface area contributed by atoms with E-state index in [4.69, 9.17) is 0 Å². The van der Waals surface area contributed by atoms with E-state index in [1.165, 1.54) is 3.57 Å². The van der Waals surface area contributed by atoms with E-state index >= 15 is 0 Å². The fourth-order valence-corrected chi connectivity index (χ4v) is 1.20. The van der Waals surface area contributed by atoms with Crippen molar-refractivity contribution in [3.05, 3.63) is 27.8 Å². The fraction of sp³-hybridized carbons (Fsp3) is 0.222. The molecule has 2 N–H and O–H groups in total. The average molecular weight is 290 g/mol.